The molecule has 0 saturated carbocycles. The third-order valence-electron chi connectivity index (χ3n) is 4.34. The van der Waals surface area contributed by atoms with Gasteiger partial charge in [-0.25, -0.2) is 0 Å². The predicted molar refractivity (Wildman–Crippen MR) is 109 cm³/mol. The van der Waals surface area contributed by atoms with Crippen molar-refractivity contribution in [2.45, 2.75) is 13.3 Å². The van der Waals surface area contributed by atoms with Crippen molar-refractivity contribution in [1.29, 1.82) is 0 Å². The van der Waals surface area contributed by atoms with Crippen molar-refractivity contribution < 1.29 is 19.1 Å². The van der Waals surface area contributed by atoms with Crippen molar-refractivity contribution in [3.05, 3.63) is 86.3 Å². The van der Waals surface area contributed by atoms with E-state index in [1.165, 1.54) is 11.3 Å². The molecule has 0 amide bonds. The number of carbonyl (C=O) groups excluding carboxylic acids is 2. The molecule has 4 rings (SSSR count). The quantitative estimate of drug-likeness (QED) is 0.325. The number of benzene rings is 2. The molecular weight excluding hydrogens is 396 g/mol. The van der Waals surface area contributed by atoms with Gasteiger partial charge in [0.15, 0.2) is 5.76 Å². The third-order valence-corrected chi connectivity index (χ3v) is 5.41. The number of fused-ring (bicyclic) bond motifs is 1. The van der Waals surface area contributed by atoms with Gasteiger partial charge in [0.25, 0.3) is 0 Å². The SMILES string of the molecule is Cc1c(OC(=O)Cc2ccc(Cl)cc2)ccc2c1O/C(=C\c1cccs1)C2=O. The second-order valence-electron chi connectivity index (χ2n) is 6.30. The predicted octanol–water partition coefficient (Wildman–Crippen LogP) is 5.47. The summed E-state index contributed by atoms with van der Waals surface area (Å²) in [6, 6.07) is 14.1. The zero-order valence-corrected chi connectivity index (χ0v) is 16.5. The summed E-state index contributed by atoms with van der Waals surface area (Å²) in [7, 11) is 0. The molecule has 0 N–H and O–H groups in total. The van der Waals surface area contributed by atoms with Crippen molar-refractivity contribution in [3.8, 4) is 11.5 Å². The van der Waals surface area contributed by atoms with Crippen molar-refractivity contribution in [2.75, 3.05) is 0 Å². The van der Waals surface area contributed by atoms with E-state index >= 15 is 0 Å². The number of hydrogen-bond acceptors (Lipinski definition) is 5. The summed E-state index contributed by atoms with van der Waals surface area (Å²) in [6.07, 6.45) is 1.84. The van der Waals surface area contributed by atoms with E-state index in [2.05, 4.69) is 0 Å². The van der Waals surface area contributed by atoms with Crippen molar-refractivity contribution in [2.24, 2.45) is 0 Å². The fourth-order valence-electron chi connectivity index (χ4n) is 2.91. The van der Waals surface area contributed by atoms with Crippen molar-refractivity contribution >= 4 is 40.8 Å². The Morgan fingerprint density at radius 3 is 2.68 bits per heavy atom. The average molecular weight is 411 g/mol. The van der Waals surface area contributed by atoms with Crippen LogP contribution in [0.15, 0.2) is 59.7 Å². The summed E-state index contributed by atoms with van der Waals surface area (Å²) in [4.78, 5) is 25.8. The molecule has 2 heterocycles. The average Bonchev–Trinajstić information content (AvgIpc) is 3.29. The summed E-state index contributed by atoms with van der Waals surface area (Å²) in [6.45, 7) is 1.77. The van der Waals surface area contributed by atoms with E-state index in [-0.39, 0.29) is 18.0 Å². The molecule has 1 aliphatic rings. The summed E-state index contributed by atoms with van der Waals surface area (Å²) in [5.41, 5.74) is 1.89. The number of carbonyl (C=O) groups is 2. The first-order chi connectivity index (χ1) is 13.5. The van der Waals surface area contributed by atoms with Crippen LogP contribution in [-0.2, 0) is 11.2 Å². The highest BCUT2D eigenvalue weighted by atomic mass is 35.5. The van der Waals surface area contributed by atoms with Crippen LogP contribution in [0.25, 0.3) is 6.08 Å². The zero-order chi connectivity index (χ0) is 19.7. The molecule has 0 spiro atoms. The fourth-order valence-corrected chi connectivity index (χ4v) is 3.68. The van der Waals surface area contributed by atoms with Crippen LogP contribution < -0.4 is 9.47 Å². The Bertz CT molecular complexity index is 1080. The van der Waals surface area contributed by atoms with Gasteiger partial charge in [-0.2, -0.15) is 0 Å². The van der Waals surface area contributed by atoms with Crippen LogP contribution in [0.5, 0.6) is 11.5 Å². The van der Waals surface area contributed by atoms with Gasteiger partial charge in [-0.3, -0.25) is 9.59 Å². The molecule has 140 valence electrons. The highest BCUT2D eigenvalue weighted by molar-refractivity contribution is 7.10. The maximum absolute atomic E-state index is 12.6. The Labute approximate surface area is 171 Å². The minimum atomic E-state index is -0.399. The largest absolute Gasteiger partial charge is 0.452 e. The van der Waals surface area contributed by atoms with Crippen LogP contribution in [0.2, 0.25) is 5.02 Å². The van der Waals surface area contributed by atoms with Gasteiger partial charge in [-0.15, -0.1) is 11.3 Å². The molecule has 6 heteroatoms. The fraction of sp³-hybridized carbons (Fsp3) is 0.0909. The van der Waals surface area contributed by atoms with Gasteiger partial charge in [0.05, 0.1) is 12.0 Å². The lowest BCUT2D eigenvalue weighted by molar-refractivity contribution is -0.133. The topological polar surface area (TPSA) is 52.6 Å². The van der Waals surface area contributed by atoms with E-state index in [1.807, 2.05) is 17.5 Å². The summed E-state index contributed by atoms with van der Waals surface area (Å²) < 4.78 is 11.3. The van der Waals surface area contributed by atoms with Gasteiger partial charge in [-0.1, -0.05) is 29.8 Å². The molecule has 28 heavy (non-hydrogen) atoms. The number of thiophene rings is 1. The number of hydrogen-bond donors (Lipinski definition) is 0. The van der Waals surface area contributed by atoms with E-state index in [0.29, 0.717) is 27.6 Å². The van der Waals surface area contributed by atoms with Crippen LogP contribution in [0.4, 0.5) is 0 Å². The second kappa shape index (κ2) is 7.62. The van der Waals surface area contributed by atoms with Crippen LogP contribution >= 0.6 is 22.9 Å². The molecule has 0 bridgehead atoms. The number of halogens is 1. The maximum Gasteiger partial charge on any atom is 0.315 e. The van der Waals surface area contributed by atoms with Gasteiger partial charge in [0, 0.05) is 21.5 Å². The van der Waals surface area contributed by atoms with Gasteiger partial charge in [-0.05, 0) is 48.2 Å². The Morgan fingerprint density at radius 1 is 1.18 bits per heavy atom. The molecular formula is C22H15ClO4S. The number of esters is 1. The Balaban J connectivity index is 1.53. The highest BCUT2D eigenvalue weighted by Crippen LogP contribution is 2.39. The monoisotopic (exact) mass is 410 g/mol. The van der Waals surface area contributed by atoms with Gasteiger partial charge in [0.2, 0.25) is 5.78 Å². The Kier molecular flexibility index (Phi) is 5.03. The van der Waals surface area contributed by atoms with Crippen LogP contribution in [0, 0.1) is 6.92 Å². The summed E-state index contributed by atoms with van der Waals surface area (Å²) in [5.74, 6) is 0.507. The van der Waals surface area contributed by atoms with Crippen molar-refractivity contribution in [3.63, 3.8) is 0 Å². The van der Waals surface area contributed by atoms with Crippen molar-refractivity contribution in [1.82, 2.24) is 0 Å². The minimum Gasteiger partial charge on any atom is -0.452 e. The second-order valence-corrected chi connectivity index (χ2v) is 7.71. The lowest BCUT2D eigenvalue weighted by atomic mass is 10.1. The molecule has 0 radical (unpaired) electrons. The molecule has 0 atom stereocenters. The number of rotatable bonds is 4. The highest BCUT2D eigenvalue weighted by Gasteiger charge is 2.30. The zero-order valence-electron chi connectivity index (χ0n) is 14.9. The maximum atomic E-state index is 12.6. The first-order valence-electron chi connectivity index (χ1n) is 8.58. The molecule has 4 nitrogen and oxygen atoms in total. The third kappa shape index (κ3) is 3.72. The van der Waals surface area contributed by atoms with Crippen LogP contribution in [0.1, 0.15) is 26.4 Å². The smallest absolute Gasteiger partial charge is 0.315 e. The Morgan fingerprint density at radius 2 is 1.96 bits per heavy atom. The first-order valence-corrected chi connectivity index (χ1v) is 9.83. The normalized spacial score (nSPS) is 14.1. The van der Waals surface area contributed by atoms with Gasteiger partial charge >= 0.3 is 5.97 Å². The summed E-state index contributed by atoms with van der Waals surface area (Å²) >= 11 is 7.38. The molecule has 2 aromatic carbocycles. The minimum absolute atomic E-state index is 0.122. The van der Waals surface area contributed by atoms with E-state index in [9.17, 15) is 9.59 Å². The summed E-state index contributed by atoms with van der Waals surface area (Å²) in [5, 5.41) is 2.54. The number of ketones is 1. The number of allylic oxidation sites excluding steroid dienone is 1. The molecule has 1 aliphatic heterocycles. The van der Waals surface area contributed by atoms with E-state index in [0.717, 1.165) is 10.4 Å². The number of Topliss-reactive ketones (excluding diaryl/α,β-unsaturated/α-hetero) is 1. The van der Waals surface area contributed by atoms with Crippen LogP contribution in [0.3, 0.4) is 0 Å². The molecule has 0 aliphatic carbocycles. The van der Waals surface area contributed by atoms with Crippen LogP contribution in [-0.4, -0.2) is 11.8 Å². The van der Waals surface area contributed by atoms with Gasteiger partial charge < -0.3 is 9.47 Å². The lowest BCUT2D eigenvalue weighted by Crippen LogP contribution is -2.12. The first kappa shape index (κ1) is 18.5. The lowest BCUT2D eigenvalue weighted by Gasteiger charge is -2.10. The molecule has 0 saturated heterocycles. The number of ether oxygens (including phenoxy) is 2. The molecule has 3 aromatic rings. The van der Waals surface area contributed by atoms with E-state index < -0.39 is 5.97 Å². The Hall–Kier alpha value is -2.89. The van der Waals surface area contributed by atoms with Gasteiger partial charge in [0.1, 0.15) is 11.5 Å². The van der Waals surface area contributed by atoms with E-state index in [4.69, 9.17) is 21.1 Å². The van der Waals surface area contributed by atoms with E-state index in [1.54, 1.807) is 49.4 Å². The molecule has 0 unspecified atom stereocenters. The molecule has 0 fully saturated rings. The standard InChI is InChI=1S/C22H15ClO4S/c1-13-18(26-20(24)11-14-4-6-15(23)7-5-14)9-8-17-21(25)19(27-22(13)17)12-16-3-2-10-28-16/h2-10,12H,11H2,1H3/b19-12-. The molecule has 1 aromatic heterocycles.